The first-order chi connectivity index (χ1) is 15.4. The van der Waals surface area contributed by atoms with E-state index in [9.17, 15) is 13.2 Å². The Balaban J connectivity index is 1.52. The molecule has 0 N–H and O–H groups in total. The SMILES string of the molecule is Cc1ccc(C2=Nn3c(nnc3-c3ccccc3C(F)(F)F)SC2)cc1OC1CCOC1. The topological polar surface area (TPSA) is 61.5 Å². The zero-order valence-corrected chi connectivity index (χ0v) is 17.9. The molecule has 32 heavy (non-hydrogen) atoms. The highest BCUT2D eigenvalue weighted by Gasteiger charge is 2.35. The van der Waals surface area contributed by atoms with E-state index in [1.54, 1.807) is 6.07 Å². The maximum atomic E-state index is 13.5. The Morgan fingerprint density at radius 3 is 2.78 bits per heavy atom. The molecule has 2 aromatic carbocycles. The lowest BCUT2D eigenvalue weighted by atomic mass is 10.1. The van der Waals surface area contributed by atoms with Crippen molar-refractivity contribution in [2.75, 3.05) is 19.0 Å². The molecule has 166 valence electrons. The molecule has 0 aliphatic carbocycles. The molecule has 0 spiro atoms. The molecule has 6 nitrogen and oxygen atoms in total. The lowest BCUT2D eigenvalue weighted by Gasteiger charge is -2.18. The van der Waals surface area contributed by atoms with Crippen molar-refractivity contribution in [2.45, 2.75) is 30.8 Å². The highest BCUT2D eigenvalue weighted by atomic mass is 32.2. The maximum Gasteiger partial charge on any atom is 0.417 e. The molecule has 0 amide bonds. The number of hydrogen-bond acceptors (Lipinski definition) is 6. The van der Waals surface area contributed by atoms with Crippen LogP contribution < -0.4 is 4.74 Å². The monoisotopic (exact) mass is 460 g/mol. The molecule has 1 atom stereocenters. The fraction of sp³-hybridized carbons (Fsp3) is 0.318. The van der Waals surface area contributed by atoms with Crippen molar-refractivity contribution < 1.29 is 22.6 Å². The minimum absolute atomic E-state index is 0.0153. The van der Waals surface area contributed by atoms with Crippen LogP contribution in [-0.2, 0) is 10.9 Å². The molecule has 0 saturated carbocycles. The summed E-state index contributed by atoms with van der Waals surface area (Å²) >= 11 is 1.38. The highest BCUT2D eigenvalue weighted by molar-refractivity contribution is 7.99. The summed E-state index contributed by atoms with van der Waals surface area (Å²) in [6, 6.07) is 11.1. The van der Waals surface area contributed by atoms with Gasteiger partial charge in [-0.15, -0.1) is 10.2 Å². The van der Waals surface area contributed by atoms with Crippen LogP contribution in [0, 0.1) is 6.92 Å². The Labute approximate surface area is 186 Å². The fourth-order valence-corrected chi connectivity index (χ4v) is 4.49. The summed E-state index contributed by atoms with van der Waals surface area (Å²) in [5, 5.41) is 13.1. The summed E-state index contributed by atoms with van der Waals surface area (Å²) in [4.78, 5) is 0. The molecule has 3 heterocycles. The average molecular weight is 460 g/mol. The van der Waals surface area contributed by atoms with Crippen molar-refractivity contribution in [3.8, 4) is 17.1 Å². The van der Waals surface area contributed by atoms with E-state index in [-0.39, 0.29) is 17.5 Å². The van der Waals surface area contributed by atoms with E-state index in [1.807, 2.05) is 25.1 Å². The number of hydrogen-bond donors (Lipinski definition) is 0. The van der Waals surface area contributed by atoms with Gasteiger partial charge in [-0.05, 0) is 24.6 Å². The first kappa shape index (κ1) is 21.0. The molecule has 3 aromatic rings. The van der Waals surface area contributed by atoms with Gasteiger partial charge in [0.15, 0.2) is 5.82 Å². The average Bonchev–Trinajstić information content (AvgIpc) is 3.44. The summed E-state index contributed by atoms with van der Waals surface area (Å²) < 4.78 is 53.5. The molecular weight excluding hydrogens is 441 g/mol. The molecule has 1 saturated heterocycles. The zero-order valence-electron chi connectivity index (χ0n) is 17.1. The van der Waals surface area contributed by atoms with Gasteiger partial charge in [-0.1, -0.05) is 42.1 Å². The molecule has 1 aromatic heterocycles. The maximum absolute atomic E-state index is 13.5. The minimum atomic E-state index is -4.51. The van der Waals surface area contributed by atoms with Crippen molar-refractivity contribution in [1.29, 1.82) is 0 Å². The second-order valence-corrected chi connectivity index (χ2v) is 8.52. The third-order valence-corrected chi connectivity index (χ3v) is 6.28. The molecule has 10 heteroatoms. The van der Waals surface area contributed by atoms with Gasteiger partial charge < -0.3 is 9.47 Å². The van der Waals surface area contributed by atoms with Crippen molar-refractivity contribution >= 4 is 17.5 Å². The molecule has 2 aliphatic rings. The predicted molar refractivity (Wildman–Crippen MR) is 114 cm³/mol. The van der Waals surface area contributed by atoms with Crippen LogP contribution in [0.4, 0.5) is 13.2 Å². The largest absolute Gasteiger partial charge is 0.488 e. The quantitative estimate of drug-likeness (QED) is 0.560. The van der Waals surface area contributed by atoms with Crippen molar-refractivity contribution in [3.63, 3.8) is 0 Å². The number of aryl methyl sites for hydroxylation is 1. The third-order valence-electron chi connectivity index (χ3n) is 5.35. The highest BCUT2D eigenvalue weighted by Crippen LogP contribution is 2.38. The molecule has 0 radical (unpaired) electrons. The van der Waals surface area contributed by atoms with E-state index in [0.29, 0.717) is 29.8 Å². The Kier molecular flexibility index (Phi) is 5.42. The predicted octanol–water partition coefficient (Wildman–Crippen LogP) is 4.80. The van der Waals surface area contributed by atoms with Crippen molar-refractivity contribution in [2.24, 2.45) is 5.10 Å². The molecular formula is C22H19F3N4O2S. The van der Waals surface area contributed by atoms with Gasteiger partial charge in [0.2, 0.25) is 5.16 Å². The molecule has 1 unspecified atom stereocenters. The number of alkyl halides is 3. The van der Waals surface area contributed by atoms with Gasteiger partial charge in [0.05, 0.1) is 24.5 Å². The number of aromatic nitrogens is 3. The lowest BCUT2D eigenvalue weighted by Crippen LogP contribution is -2.18. The van der Waals surface area contributed by atoms with Crippen molar-refractivity contribution in [3.05, 3.63) is 59.2 Å². The number of ether oxygens (including phenoxy) is 2. The van der Waals surface area contributed by atoms with Crippen LogP contribution in [0.5, 0.6) is 5.75 Å². The number of rotatable bonds is 4. The van der Waals surface area contributed by atoms with Crippen LogP contribution in [0.1, 0.15) is 23.1 Å². The normalized spacial score (nSPS) is 18.4. The Morgan fingerprint density at radius 1 is 1.16 bits per heavy atom. The number of fused-ring (bicyclic) bond motifs is 1. The summed E-state index contributed by atoms with van der Waals surface area (Å²) in [5.41, 5.74) is 1.72. The van der Waals surface area contributed by atoms with Crippen LogP contribution in [0.3, 0.4) is 0 Å². The summed E-state index contributed by atoms with van der Waals surface area (Å²) in [5.74, 6) is 1.33. The lowest BCUT2D eigenvalue weighted by molar-refractivity contribution is -0.137. The Bertz CT molecular complexity index is 1190. The first-order valence-corrected chi connectivity index (χ1v) is 11.1. The summed E-state index contributed by atoms with van der Waals surface area (Å²) in [7, 11) is 0. The van der Waals surface area contributed by atoms with E-state index in [2.05, 4.69) is 15.3 Å². The fourth-order valence-electron chi connectivity index (χ4n) is 3.65. The van der Waals surface area contributed by atoms with Crippen LogP contribution in [0.15, 0.2) is 52.7 Å². The zero-order chi connectivity index (χ0) is 22.3. The van der Waals surface area contributed by atoms with Gasteiger partial charge in [0, 0.05) is 23.3 Å². The van der Waals surface area contributed by atoms with Crippen LogP contribution in [0.25, 0.3) is 11.4 Å². The number of nitrogens with zero attached hydrogens (tertiary/aromatic N) is 4. The van der Waals surface area contributed by atoms with Crippen LogP contribution in [0.2, 0.25) is 0 Å². The summed E-state index contributed by atoms with van der Waals surface area (Å²) in [6.07, 6.45) is -3.65. The molecule has 5 rings (SSSR count). The van der Waals surface area contributed by atoms with Crippen LogP contribution >= 0.6 is 11.8 Å². The van der Waals surface area contributed by atoms with Gasteiger partial charge in [0.25, 0.3) is 0 Å². The number of thioether (sulfide) groups is 1. The van der Waals surface area contributed by atoms with E-state index < -0.39 is 11.7 Å². The van der Waals surface area contributed by atoms with Crippen molar-refractivity contribution in [1.82, 2.24) is 14.9 Å². The summed E-state index contributed by atoms with van der Waals surface area (Å²) in [6.45, 7) is 3.22. The van der Waals surface area contributed by atoms with E-state index >= 15 is 0 Å². The van der Waals surface area contributed by atoms with E-state index in [1.165, 1.54) is 28.6 Å². The second-order valence-electron chi connectivity index (χ2n) is 7.58. The number of benzene rings is 2. The van der Waals surface area contributed by atoms with Gasteiger partial charge in [-0.2, -0.15) is 22.9 Å². The van der Waals surface area contributed by atoms with E-state index in [0.717, 1.165) is 29.4 Å². The second kappa shape index (κ2) is 8.25. The van der Waals surface area contributed by atoms with Gasteiger partial charge in [0.1, 0.15) is 11.9 Å². The minimum Gasteiger partial charge on any atom is -0.488 e. The molecule has 0 bridgehead atoms. The van der Waals surface area contributed by atoms with E-state index in [4.69, 9.17) is 9.47 Å². The standard InChI is InChI=1S/C22H19F3N4O2S/c1-13-6-7-14(10-19(13)31-15-8-9-30-11-15)18-12-32-21-27-26-20(29(21)28-18)16-4-2-3-5-17(16)22(23,24)25/h2-7,10,15H,8-9,11-12H2,1H3. The smallest absolute Gasteiger partial charge is 0.417 e. The Hall–Kier alpha value is -2.85. The van der Waals surface area contributed by atoms with Gasteiger partial charge >= 0.3 is 6.18 Å². The third kappa shape index (κ3) is 4.00. The van der Waals surface area contributed by atoms with Gasteiger partial charge in [-0.3, -0.25) is 0 Å². The molecule has 2 aliphatic heterocycles. The van der Waals surface area contributed by atoms with Crippen LogP contribution in [-0.4, -0.2) is 45.7 Å². The first-order valence-electron chi connectivity index (χ1n) is 10.1. The number of halogens is 3. The molecule has 1 fully saturated rings. The Morgan fingerprint density at radius 2 is 2.00 bits per heavy atom. The van der Waals surface area contributed by atoms with Gasteiger partial charge in [-0.25, -0.2) is 0 Å².